The van der Waals surface area contributed by atoms with Gasteiger partial charge in [-0.3, -0.25) is 5.32 Å². The lowest BCUT2D eigenvalue weighted by Gasteiger charge is -2.35. The minimum Gasteiger partial charge on any atom is -0.482 e. The van der Waals surface area contributed by atoms with Crippen molar-refractivity contribution in [2.24, 2.45) is 0 Å². The predicted molar refractivity (Wildman–Crippen MR) is 116 cm³/mol. The van der Waals surface area contributed by atoms with Crippen molar-refractivity contribution in [1.82, 2.24) is 5.32 Å². The molecular weight excluding hydrogens is 402 g/mol. The van der Waals surface area contributed by atoms with Gasteiger partial charge in [0.2, 0.25) is 0 Å². The number of hydrogen-bond acceptors (Lipinski definition) is 5. The lowest BCUT2D eigenvalue weighted by molar-refractivity contribution is -0.139. The van der Waals surface area contributed by atoms with Gasteiger partial charge in [0.1, 0.15) is 5.75 Å². The summed E-state index contributed by atoms with van der Waals surface area (Å²) in [7, 11) is -3.62. The Bertz CT molecular complexity index is 990. The van der Waals surface area contributed by atoms with Crippen molar-refractivity contribution >= 4 is 15.8 Å². The van der Waals surface area contributed by atoms with Gasteiger partial charge in [-0.15, -0.1) is 0 Å². The molecule has 1 heterocycles. The molecule has 0 radical (unpaired) electrons. The fourth-order valence-corrected chi connectivity index (χ4v) is 6.23. The van der Waals surface area contributed by atoms with Crippen LogP contribution in [-0.2, 0) is 14.6 Å². The fourth-order valence-electron chi connectivity index (χ4n) is 4.07. The van der Waals surface area contributed by atoms with Gasteiger partial charge in [0, 0.05) is 5.54 Å². The molecule has 2 N–H and O–H groups in total. The molecule has 1 aliphatic heterocycles. The summed E-state index contributed by atoms with van der Waals surface area (Å²) in [6.45, 7) is 3.61. The molecule has 30 heavy (non-hydrogen) atoms. The van der Waals surface area contributed by atoms with Crippen molar-refractivity contribution in [3.63, 3.8) is 0 Å². The second-order valence-corrected chi connectivity index (χ2v) is 9.82. The molecule has 0 aliphatic carbocycles. The van der Waals surface area contributed by atoms with E-state index >= 15 is 0 Å². The molecule has 6 nitrogen and oxygen atoms in total. The number of fused-ring (bicyclic) bond motifs is 1. The molecule has 0 unspecified atom stereocenters. The van der Waals surface area contributed by atoms with Gasteiger partial charge in [-0.1, -0.05) is 63.1 Å². The molecule has 0 aromatic heterocycles. The Morgan fingerprint density at radius 1 is 1.20 bits per heavy atom. The van der Waals surface area contributed by atoms with Crippen LogP contribution in [0.25, 0.3) is 0 Å². The SMILES string of the molecule is CCCC[C@@]1(CC)CS(=O)(=O)c2cc(OCC(=O)O)ccc2[C@H](c2ccccc2)N1. The maximum Gasteiger partial charge on any atom is 0.341 e. The summed E-state index contributed by atoms with van der Waals surface area (Å²) >= 11 is 0. The first-order valence-electron chi connectivity index (χ1n) is 10.3. The molecule has 162 valence electrons. The number of hydrogen-bond donors (Lipinski definition) is 2. The molecule has 7 heteroatoms. The van der Waals surface area contributed by atoms with Crippen LogP contribution in [0.3, 0.4) is 0 Å². The molecule has 0 spiro atoms. The van der Waals surface area contributed by atoms with Crippen LogP contribution in [0.4, 0.5) is 0 Å². The third kappa shape index (κ3) is 4.84. The van der Waals surface area contributed by atoms with Crippen molar-refractivity contribution in [3.05, 3.63) is 59.7 Å². The second kappa shape index (κ2) is 9.18. The molecular formula is C23H29NO5S. The van der Waals surface area contributed by atoms with E-state index in [1.807, 2.05) is 37.3 Å². The summed E-state index contributed by atoms with van der Waals surface area (Å²) in [4.78, 5) is 11.1. The van der Waals surface area contributed by atoms with Crippen molar-refractivity contribution in [1.29, 1.82) is 0 Å². The standard InChI is InChI=1S/C23H29NO5S/c1-3-5-13-23(4-2)16-30(27,28)20-14-18(29-15-21(25)26)11-12-19(20)22(24-23)17-9-7-6-8-10-17/h6-12,14,22,24H,3-5,13,15-16H2,1-2H3,(H,25,26)/t22-,23-/m0/s1. The first-order chi connectivity index (χ1) is 14.3. The summed E-state index contributed by atoms with van der Waals surface area (Å²) in [6.07, 6.45) is 3.37. The summed E-state index contributed by atoms with van der Waals surface area (Å²) in [5.41, 5.74) is 1.11. The number of carbonyl (C=O) groups is 1. The van der Waals surface area contributed by atoms with Gasteiger partial charge < -0.3 is 9.84 Å². The van der Waals surface area contributed by atoms with Crippen LogP contribution in [0.2, 0.25) is 0 Å². The van der Waals surface area contributed by atoms with E-state index in [-0.39, 0.29) is 22.4 Å². The zero-order valence-electron chi connectivity index (χ0n) is 17.4. The van der Waals surface area contributed by atoms with Gasteiger partial charge in [0.05, 0.1) is 16.7 Å². The van der Waals surface area contributed by atoms with E-state index in [1.165, 1.54) is 6.07 Å². The van der Waals surface area contributed by atoms with E-state index < -0.39 is 28.0 Å². The van der Waals surface area contributed by atoms with E-state index in [4.69, 9.17) is 9.84 Å². The van der Waals surface area contributed by atoms with Crippen LogP contribution in [0.15, 0.2) is 53.4 Å². The number of unbranched alkanes of at least 4 members (excludes halogenated alkanes) is 1. The average Bonchev–Trinajstić information content (AvgIpc) is 2.84. The fraction of sp³-hybridized carbons (Fsp3) is 0.435. The van der Waals surface area contributed by atoms with Gasteiger partial charge in [0.15, 0.2) is 16.4 Å². The van der Waals surface area contributed by atoms with Crippen molar-refractivity contribution in [2.45, 2.75) is 56.0 Å². The third-order valence-electron chi connectivity index (χ3n) is 5.73. The number of sulfone groups is 1. The topological polar surface area (TPSA) is 92.7 Å². The third-order valence-corrected chi connectivity index (χ3v) is 7.69. The van der Waals surface area contributed by atoms with Crippen LogP contribution >= 0.6 is 0 Å². The summed E-state index contributed by atoms with van der Waals surface area (Å²) in [5.74, 6) is -0.875. The zero-order valence-corrected chi connectivity index (χ0v) is 18.2. The van der Waals surface area contributed by atoms with E-state index in [0.29, 0.717) is 12.0 Å². The minimum atomic E-state index is -3.62. The Labute approximate surface area is 178 Å². The zero-order chi connectivity index (χ0) is 21.8. The lowest BCUT2D eigenvalue weighted by Crippen LogP contribution is -2.50. The average molecular weight is 432 g/mol. The predicted octanol–water partition coefficient (Wildman–Crippen LogP) is 3.96. The molecule has 0 bridgehead atoms. The van der Waals surface area contributed by atoms with E-state index in [2.05, 4.69) is 12.2 Å². The molecule has 2 aromatic rings. The van der Waals surface area contributed by atoms with E-state index in [0.717, 1.165) is 24.8 Å². The molecule has 2 atom stereocenters. The number of benzene rings is 2. The maximum absolute atomic E-state index is 13.5. The Morgan fingerprint density at radius 3 is 2.57 bits per heavy atom. The second-order valence-electron chi connectivity index (χ2n) is 7.87. The highest BCUT2D eigenvalue weighted by molar-refractivity contribution is 7.91. The number of carboxylic acid groups (broad SMARTS) is 1. The van der Waals surface area contributed by atoms with E-state index in [1.54, 1.807) is 12.1 Å². The minimum absolute atomic E-state index is 0.00474. The summed E-state index contributed by atoms with van der Waals surface area (Å²) in [5, 5.41) is 12.6. The van der Waals surface area contributed by atoms with Crippen molar-refractivity contribution in [3.8, 4) is 5.75 Å². The van der Waals surface area contributed by atoms with Crippen LogP contribution < -0.4 is 10.1 Å². The van der Waals surface area contributed by atoms with Gasteiger partial charge in [-0.05, 0) is 36.1 Å². The molecule has 0 fully saturated rings. The summed E-state index contributed by atoms with van der Waals surface area (Å²) < 4.78 is 32.2. The van der Waals surface area contributed by atoms with Crippen LogP contribution in [0, 0.1) is 0 Å². The van der Waals surface area contributed by atoms with E-state index in [9.17, 15) is 13.2 Å². The maximum atomic E-state index is 13.5. The molecule has 1 aliphatic rings. The molecule has 0 amide bonds. The van der Waals surface area contributed by atoms with Gasteiger partial charge in [0.25, 0.3) is 0 Å². The highest BCUT2D eigenvalue weighted by Crippen LogP contribution is 2.39. The monoisotopic (exact) mass is 431 g/mol. The Morgan fingerprint density at radius 2 is 1.93 bits per heavy atom. The normalized spacial score (nSPS) is 22.7. The van der Waals surface area contributed by atoms with Gasteiger partial charge in [-0.25, -0.2) is 13.2 Å². The molecule has 2 aromatic carbocycles. The van der Waals surface area contributed by atoms with Gasteiger partial charge in [-0.2, -0.15) is 0 Å². The number of rotatable bonds is 8. The first kappa shape index (κ1) is 22.3. The Hall–Kier alpha value is -2.38. The first-order valence-corrected chi connectivity index (χ1v) is 12.0. The molecule has 3 rings (SSSR count). The quantitative estimate of drug-likeness (QED) is 0.657. The van der Waals surface area contributed by atoms with Crippen LogP contribution in [-0.4, -0.2) is 37.4 Å². The number of aliphatic carboxylic acids is 1. The Balaban J connectivity index is 2.14. The number of carboxylic acids is 1. The van der Waals surface area contributed by atoms with Crippen molar-refractivity contribution < 1.29 is 23.1 Å². The highest BCUT2D eigenvalue weighted by atomic mass is 32.2. The molecule has 0 saturated carbocycles. The molecule has 0 saturated heterocycles. The van der Waals surface area contributed by atoms with Crippen LogP contribution in [0.5, 0.6) is 5.75 Å². The van der Waals surface area contributed by atoms with Gasteiger partial charge >= 0.3 is 5.97 Å². The van der Waals surface area contributed by atoms with Crippen molar-refractivity contribution in [2.75, 3.05) is 12.4 Å². The van der Waals surface area contributed by atoms with Crippen LogP contribution in [0.1, 0.15) is 56.7 Å². The number of ether oxygens (including phenoxy) is 1. The summed E-state index contributed by atoms with van der Waals surface area (Å²) in [6, 6.07) is 14.4. The Kier molecular flexibility index (Phi) is 6.83. The number of nitrogens with one attached hydrogen (secondary N) is 1. The lowest BCUT2D eigenvalue weighted by atomic mass is 9.88. The highest BCUT2D eigenvalue weighted by Gasteiger charge is 2.41. The largest absolute Gasteiger partial charge is 0.482 e. The smallest absolute Gasteiger partial charge is 0.341 e.